The number of hydrogen-bond acceptors (Lipinski definition) is 4. The Morgan fingerprint density at radius 3 is 3.00 bits per heavy atom. The maximum atomic E-state index is 11.5. The zero-order chi connectivity index (χ0) is 13.7. The van der Waals surface area contributed by atoms with Crippen LogP contribution < -0.4 is 10.1 Å². The van der Waals surface area contributed by atoms with E-state index in [1.807, 2.05) is 0 Å². The van der Waals surface area contributed by atoms with E-state index in [9.17, 15) is 4.79 Å². The third-order valence-corrected chi connectivity index (χ3v) is 2.62. The zero-order valence-corrected chi connectivity index (χ0v) is 11.2. The standard InChI is InChI=1S/C11H10Cl2N4O2/c12-7-5-8(13)11(15-6-7)19-4-3-14-10(18)9-1-2-16-17-9/h1-2,5-6H,3-4H2,(H,14,18)(H,16,17). The normalized spacial score (nSPS) is 10.2. The van der Waals surface area contributed by atoms with Crippen LogP contribution >= 0.6 is 23.2 Å². The second kappa shape index (κ2) is 6.40. The molecule has 100 valence electrons. The monoisotopic (exact) mass is 300 g/mol. The fourth-order valence-electron chi connectivity index (χ4n) is 1.30. The molecule has 2 rings (SSSR count). The lowest BCUT2D eigenvalue weighted by atomic mass is 10.4. The molecule has 6 nitrogen and oxygen atoms in total. The lowest BCUT2D eigenvalue weighted by Crippen LogP contribution is -2.28. The van der Waals surface area contributed by atoms with Crippen LogP contribution in [-0.4, -0.2) is 34.2 Å². The first kappa shape index (κ1) is 13.6. The Morgan fingerprint density at radius 2 is 2.32 bits per heavy atom. The average molecular weight is 301 g/mol. The number of halogens is 2. The number of nitrogens with one attached hydrogen (secondary N) is 2. The maximum Gasteiger partial charge on any atom is 0.269 e. The maximum absolute atomic E-state index is 11.5. The minimum Gasteiger partial charge on any atom is -0.475 e. The predicted octanol–water partition coefficient (Wildman–Crippen LogP) is 1.92. The molecule has 0 unspecified atom stereocenters. The Labute approximate surface area is 119 Å². The molecule has 2 aromatic heterocycles. The number of aromatic amines is 1. The van der Waals surface area contributed by atoms with Crippen molar-refractivity contribution in [3.63, 3.8) is 0 Å². The summed E-state index contributed by atoms with van der Waals surface area (Å²) in [6.45, 7) is 0.562. The number of H-pyrrole nitrogens is 1. The molecular weight excluding hydrogens is 291 g/mol. The Bertz CT molecular complexity index is 560. The summed E-state index contributed by atoms with van der Waals surface area (Å²) in [5.41, 5.74) is 0.391. The number of ether oxygens (including phenoxy) is 1. The molecule has 0 atom stereocenters. The molecule has 19 heavy (non-hydrogen) atoms. The molecule has 0 aliphatic rings. The van der Waals surface area contributed by atoms with Crippen molar-refractivity contribution in [1.82, 2.24) is 20.5 Å². The van der Waals surface area contributed by atoms with Crippen molar-refractivity contribution in [3.8, 4) is 5.88 Å². The van der Waals surface area contributed by atoms with Gasteiger partial charge < -0.3 is 10.1 Å². The topological polar surface area (TPSA) is 79.9 Å². The van der Waals surface area contributed by atoms with E-state index < -0.39 is 0 Å². The summed E-state index contributed by atoms with van der Waals surface area (Å²) in [4.78, 5) is 15.5. The summed E-state index contributed by atoms with van der Waals surface area (Å²) in [6, 6.07) is 3.11. The number of carbonyl (C=O) groups is 1. The van der Waals surface area contributed by atoms with Gasteiger partial charge in [0.2, 0.25) is 5.88 Å². The molecule has 0 fully saturated rings. The van der Waals surface area contributed by atoms with E-state index in [-0.39, 0.29) is 18.4 Å². The van der Waals surface area contributed by atoms with Crippen LogP contribution in [0.25, 0.3) is 0 Å². The molecular formula is C11H10Cl2N4O2. The second-order valence-corrected chi connectivity index (χ2v) is 4.36. The molecule has 0 aliphatic carbocycles. The van der Waals surface area contributed by atoms with Gasteiger partial charge in [-0.25, -0.2) is 4.98 Å². The Hall–Kier alpha value is -1.79. The number of aromatic nitrogens is 3. The number of carbonyl (C=O) groups excluding carboxylic acids is 1. The summed E-state index contributed by atoms with van der Waals surface area (Å²) in [5, 5.41) is 9.66. The average Bonchev–Trinajstić information content (AvgIpc) is 2.90. The highest BCUT2D eigenvalue weighted by atomic mass is 35.5. The predicted molar refractivity (Wildman–Crippen MR) is 70.7 cm³/mol. The Balaban J connectivity index is 1.76. The minimum atomic E-state index is -0.253. The van der Waals surface area contributed by atoms with E-state index >= 15 is 0 Å². The van der Waals surface area contributed by atoms with E-state index in [0.29, 0.717) is 22.3 Å². The molecule has 2 aromatic rings. The van der Waals surface area contributed by atoms with Crippen LogP contribution in [0.4, 0.5) is 0 Å². The van der Waals surface area contributed by atoms with Crippen LogP contribution in [0.3, 0.4) is 0 Å². The van der Waals surface area contributed by atoms with Crippen LogP contribution in [0.2, 0.25) is 10.0 Å². The molecule has 0 aromatic carbocycles. The van der Waals surface area contributed by atoms with Gasteiger partial charge in [0.1, 0.15) is 17.3 Å². The van der Waals surface area contributed by atoms with Gasteiger partial charge in [-0.1, -0.05) is 23.2 Å². The summed E-state index contributed by atoms with van der Waals surface area (Å²) >= 11 is 11.6. The third kappa shape index (κ3) is 3.84. The van der Waals surface area contributed by atoms with Crippen molar-refractivity contribution in [2.45, 2.75) is 0 Å². The SMILES string of the molecule is O=C(NCCOc1ncc(Cl)cc1Cl)c1ccn[nH]1. The highest BCUT2D eigenvalue weighted by molar-refractivity contribution is 6.35. The minimum absolute atomic E-state index is 0.244. The summed E-state index contributed by atoms with van der Waals surface area (Å²) in [5.74, 6) is 0.0260. The third-order valence-electron chi connectivity index (χ3n) is 2.15. The highest BCUT2D eigenvalue weighted by Gasteiger charge is 2.07. The van der Waals surface area contributed by atoms with Gasteiger partial charge in [0, 0.05) is 12.4 Å². The molecule has 0 bridgehead atoms. The van der Waals surface area contributed by atoms with Gasteiger partial charge in [-0.3, -0.25) is 9.89 Å². The van der Waals surface area contributed by atoms with Gasteiger partial charge in [-0.05, 0) is 12.1 Å². The fourth-order valence-corrected chi connectivity index (χ4v) is 1.73. The number of hydrogen-bond donors (Lipinski definition) is 2. The van der Waals surface area contributed by atoms with E-state index in [1.165, 1.54) is 18.5 Å². The van der Waals surface area contributed by atoms with Crippen LogP contribution in [0, 0.1) is 0 Å². The largest absolute Gasteiger partial charge is 0.475 e. The number of rotatable bonds is 5. The molecule has 2 N–H and O–H groups in total. The molecule has 8 heteroatoms. The van der Waals surface area contributed by atoms with Crippen molar-refractivity contribution >= 4 is 29.1 Å². The molecule has 0 aliphatic heterocycles. The summed E-state index contributed by atoms with van der Waals surface area (Å²) < 4.78 is 5.32. The van der Waals surface area contributed by atoms with E-state index in [4.69, 9.17) is 27.9 Å². The van der Waals surface area contributed by atoms with Crippen molar-refractivity contribution in [2.24, 2.45) is 0 Å². The van der Waals surface area contributed by atoms with Gasteiger partial charge in [0.25, 0.3) is 5.91 Å². The number of nitrogens with zero attached hydrogens (tertiary/aromatic N) is 2. The van der Waals surface area contributed by atoms with Crippen molar-refractivity contribution in [2.75, 3.05) is 13.2 Å². The van der Waals surface area contributed by atoms with Crippen LogP contribution in [0.15, 0.2) is 24.5 Å². The summed E-state index contributed by atoms with van der Waals surface area (Å²) in [7, 11) is 0. The molecule has 2 heterocycles. The molecule has 0 saturated carbocycles. The van der Waals surface area contributed by atoms with E-state index in [0.717, 1.165) is 0 Å². The smallest absolute Gasteiger partial charge is 0.269 e. The fraction of sp³-hybridized carbons (Fsp3) is 0.182. The molecule has 1 amide bonds. The quantitative estimate of drug-likeness (QED) is 0.827. The molecule has 0 radical (unpaired) electrons. The van der Waals surface area contributed by atoms with Gasteiger partial charge in [0.15, 0.2) is 0 Å². The molecule has 0 spiro atoms. The van der Waals surface area contributed by atoms with Crippen LogP contribution in [0.1, 0.15) is 10.5 Å². The van der Waals surface area contributed by atoms with Crippen LogP contribution in [0.5, 0.6) is 5.88 Å². The van der Waals surface area contributed by atoms with Gasteiger partial charge in [-0.2, -0.15) is 5.10 Å². The number of amides is 1. The first-order chi connectivity index (χ1) is 9.16. The number of pyridine rings is 1. The highest BCUT2D eigenvalue weighted by Crippen LogP contribution is 2.24. The van der Waals surface area contributed by atoms with Gasteiger partial charge in [0.05, 0.1) is 11.6 Å². The molecule has 0 saturated heterocycles. The van der Waals surface area contributed by atoms with Crippen molar-refractivity contribution in [1.29, 1.82) is 0 Å². The van der Waals surface area contributed by atoms with Crippen LogP contribution in [-0.2, 0) is 0 Å². The van der Waals surface area contributed by atoms with Crippen molar-refractivity contribution in [3.05, 3.63) is 40.3 Å². The lowest BCUT2D eigenvalue weighted by Gasteiger charge is -2.07. The first-order valence-corrected chi connectivity index (χ1v) is 6.14. The van der Waals surface area contributed by atoms with E-state index in [1.54, 1.807) is 6.07 Å². The van der Waals surface area contributed by atoms with Gasteiger partial charge in [-0.15, -0.1) is 0 Å². The zero-order valence-electron chi connectivity index (χ0n) is 9.69. The Morgan fingerprint density at radius 1 is 1.47 bits per heavy atom. The lowest BCUT2D eigenvalue weighted by molar-refractivity contribution is 0.0941. The van der Waals surface area contributed by atoms with E-state index in [2.05, 4.69) is 20.5 Å². The second-order valence-electron chi connectivity index (χ2n) is 3.52. The van der Waals surface area contributed by atoms with Gasteiger partial charge >= 0.3 is 0 Å². The first-order valence-electron chi connectivity index (χ1n) is 5.38. The Kier molecular flexibility index (Phi) is 4.59. The summed E-state index contributed by atoms with van der Waals surface area (Å²) in [6.07, 6.45) is 2.94. The van der Waals surface area contributed by atoms with Crippen molar-refractivity contribution < 1.29 is 9.53 Å².